The number of rotatable bonds is 6. The van der Waals surface area contributed by atoms with Crippen molar-refractivity contribution < 1.29 is 14.3 Å². The van der Waals surface area contributed by atoms with Gasteiger partial charge in [-0.2, -0.15) is 0 Å². The fraction of sp³-hybridized carbons (Fsp3) is 0.611. The van der Waals surface area contributed by atoms with E-state index in [1.165, 1.54) is 0 Å². The van der Waals surface area contributed by atoms with E-state index in [9.17, 15) is 4.79 Å². The second kappa shape index (κ2) is 9.14. The normalized spacial score (nSPS) is 15.9. The van der Waals surface area contributed by atoms with E-state index in [-0.39, 0.29) is 5.91 Å². The minimum Gasteiger partial charge on any atom is -0.490 e. The molecule has 0 aromatic heterocycles. The van der Waals surface area contributed by atoms with Crippen molar-refractivity contribution >= 4 is 17.5 Å². The third-order valence-electron chi connectivity index (χ3n) is 4.01. The molecule has 24 heavy (non-hydrogen) atoms. The molecular weight excluding hydrogens is 328 g/mol. The Morgan fingerprint density at radius 2 is 1.96 bits per heavy atom. The maximum absolute atomic E-state index is 12.8. The molecule has 5 nitrogen and oxygen atoms in total. The van der Waals surface area contributed by atoms with Crippen molar-refractivity contribution in [3.63, 3.8) is 0 Å². The van der Waals surface area contributed by atoms with Crippen molar-refractivity contribution in [2.75, 3.05) is 46.4 Å². The van der Waals surface area contributed by atoms with Gasteiger partial charge in [-0.25, -0.2) is 0 Å². The molecule has 0 saturated carbocycles. The van der Waals surface area contributed by atoms with Gasteiger partial charge in [0.25, 0.3) is 5.91 Å². The highest BCUT2D eigenvalue weighted by Gasteiger charge is 2.22. The first-order valence-electron chi connectivity index (χ1n) is 8.63. The van der Waals surface area contributed by atoms with Gasteiger partial charge in [-0.3, -0.25) is 4.79 Å². The van der Waals surface area contributed by atoms with Crippen molar-refractivity contribution in [1.29, 1.82) is 0 Å². The van der Waals surface area contributed by atoms with E-state index < -0.39 is 0 Å². The zero-order valence-corrected chi connectivity index (χ0v) is 15.6. The van der Waals surface area contributed by atoms with Crippen LogP contribution in [0.5, 0.6) is 11.5 Å². The monoisotopic (exact) mass is 354 g/mol. The zero-order valence-electron chi connectivity index (χ0n) is 14.8. The molecule has 1 fully saturated rings. The summed E-state index contributed by atoms with van der Waals surface area (Å²) in [6.07, 6.45) is 1.86. The Labute approximate surface area is 149 Å². The Bertz CT molecular complexity index is 565. The minimum atomic E-state index is -0.00445. The van der Waals surface area contributed by atoms with Crippen molar-refractivity contribution in [1.82, 2.24) is 9.80 Å². The average Bonchev–Trinajstić information content (AvgIpc) is 2.78. The summed E-state index contributed by atoms with van der Waals surface area (Å²) in [7, 11) is 2.08. The van der Waals surface area contributed by atoms with Crippen LogP contribution in [0, 0.1) is 0 Å². The number of benzene rings is 1. The summed E-state index contributed by atoms with van der Waals surface area (Å²) in [6, 6.07) is 3.43. The molecule has 0 atom stereocenters. The molecule has 1 aromatic rings. The van der Waals surface area contributed by atoms with Crippen LogP contribution in [0.25, 0.3) is 0 Å². The van der Waals surface area contributed by atoms with Crippen LogP contribution in [-0.2, 0) is 0 Å². The Balaban J connectivity index is 2.24. The second-order valence-corrected chi connectivity index (χ2v) is 6.42. The van der Waals surface area contributed by atoms with Crippen molar-refractivity contribution in [2.24, 2.45) is 0 Å². The number of ether oxygens (including phenoxy) is 2. The summed E-state index contributed by atoms with van der Waals surface area (Å²) in [4.78, 5) is 17.0. The lowest BCUT2D eigenvalue weighted by Gasteiger charge is -2.22. The van der Waals surface area contributed by atoms with Gasteiger partial charge in [-0.1, -0.05) is 18.5 Å². The van der Waals surface area contributed by atoms with E-state index in [4.69, 9.17) is 21.1 Å². The third kappa shape index (κ3) is 4.77. The molecule has 0 unspecified atom stereocenters. The minimum absolute atomic E-state index is 0.00445. The molecular formula is C18H27ClN2O3. The summed E-state index contributed by atoms with van der Waals surface area (Å²) in [6.45, 7) is 8.37. The maximum atomic E-state index is 12.8. The summed E-state index contributed by atoms with van der Waals surface area (Å²) in [5.74, 6) is 1.05. The molecule has 1 amide bonds. The van der Waals surface area contributed by atoms with E-state index >= 15 is 0 Å². The van der Waals surface area contributed by atoms with Gasteiger partial charge in [0.05, 0.1) is 18.2 Å². The molecule has 2 rings (SSSR count). The predicted molar refractivity (Wildman–Crippen MR) is 96.4 cm³/mol. The molecule has 1 saturated heterocycles. The Kier molecular flexibility index (Phi) is 7.18. The molecule has 1 aliphatic rings. The SMILES string of the molecule is CCCOc1c(Cl)cc(C(=O)N2CCCN(C)CC2)cc1OCC. The lowest BCUT2D eigenvalue weighted by atomic mass is 10.1. The number of carbonyl (C=O) groups is 1. The van der Waals surface area contributed by atoms with Gasteiger partial charge in [0.15, 0.2) is 11.5 Å². The molecule has 0 spiro atoms. The van der Waals surface area contributed by atoms with Gasteiger partial charge in [0, 0.05) is 25.2 Å². The number of hydrogen-bond donors (Lipinski definition) is 0. The van der Waals surface area contributed by atoms with E-state index in [2.05, 4.69) is 11.9 Å². The molecule has 0 aliphatic carbocycles. The van der Waals surface area contributed by atoms with E-state index in [1.54, 1.807) is 12.1 Å². The smallest absolute Gasteiger partial charge is 0.254 e. The molecule has 0 bridgehead atoms. The van der Waals surface area contributed by atoms with Crippen LogP contribution in [-0.4, -0.2) is 62.1 Å². The van der Waals surface area contributed by atoms with Gasteiger partial charge >= 0.3 is 0 Å². The van der Waals surface area contributed by atoms with Crippen molar-refractivity contribution in [2.45, 2.75) is 26.7 Å². The quantitative estimate of drug-likeness (QED) is 0.786. The van der Waals surface area contributed by atoms with Gasteiger partial charge in [-0.05, 0) is 45.5 Å². The maximum Gasteiger partial charge on any atom is 0.254 e. The molecule has 1 heterocycles. The lowest BCUT2D eigenvalue weighted by Crippen LogP contribution is -2.34. The molecule has 0 N–H and O–H groups in total. The number of amides is 1. The molecule has 0 radical (unpaired) electrons. The Morgan fingerprint density at radius 1 is 1.17 bits per heavy atom. The number of halogens is 1. The fourth-order valence-corrected chi connectivity index (χ4v) is 3.00. The molecule has 6 heteroatoms. The number of hydrogen-bond acceptors (Lipinski definition) is 4. The van der Waals surface area contributed by atoms with Gasteiger partial charge in [0.2, 0.25) is 0 Å². The zero-order chi connectivity index (χ0) is 17.5. The highest BCUT2D eigenvalue weighted by molar-refractivity contribution is 6.32. The largest absolute Gasteiger partial charge is 0.490 e. The van der Waals surface area contributed by atoms with Crippen LogP contribution < -0.4 is 9.47 Å². The van der Waals surface area contributed by atoms with E-state index in [0.717, 1.165) is 39.0 Å². The Hall–Kier alpha value is -1.46. The van der Waals surface area contributed by atoms with Crippen LogP contribution in [0.15, 0.2) is 12.1 Å². The van der Waals surface area contributed by atoms with Crippen molar-refractivity contribution in [3.8, 4) is 11.5 Å². The van der Waals surface area contributed by atoms with Crippen LogP contribution >= 0.6 is 11.6 Å². The first-order valence-corrected chi connectivity index (χ1v) is 9.01. The number of likely N-dealkylation sites (N-methyl/N-ethyl adjacent to an activating group) is 1. The number of nitrogens with zero attached hydrogens (tertiary/aromatic N) is 2. The first-order chi connectivity index (χ1) is 11.6. The van der Waals surface area contributed by atoms with Crippen LogP contribution in [0.4, 0.5) is 0 Å². The summed E-state index contributed by atoms with van der Waals surface area (Å²) >= 11 is 6.36. The molecule has 1 aromatic carbocycles. The predicted octanol–water partition coefficient (Wildman–Crippen LogP) is 3.31. The molecule has 1 aliphatic heterocycles. The topological polar surface area (TPSA) is 42.0 Å². The van der Waals surface area contributed by atoms with E-state index in [0.29, 0.717) is 35.3 Å². The third-order valence-corrected chi connectivity index (χ3v) is 4.29. The first kappa shape index (κ1) is 18.9. The van der Waals surface area contributed by atoms with Gasteiger partial charge in [0.1, 0.15) is 0 Å². The lowest BCUT2D eigenvalue weighted by molar-refractivity contribution is 0.0762. The molecule has 134 valence electrons. The number of carbonyl (C=O) groups excluding carboxylic acids is 1. The summed E-state index contributed by atoms with van der Waals surface area (Å²) in [5.41, 5.74) is 0.553. The van der Waals surface area contributed by atoms with Gasteiger partial charge in [-0.15, -0.1) is 0 Å². The summed E-state index contributed by atoms with van der Waals surface area (Å²) in [5, 5.41) is 0.421. The summed E-state index contributed by atoms with van der Waals surface area (Å²) < 4.78 is 11.3. The van der Waals surface area contributed by atoms with Gasteiger partial charge < -0.3 is 19.3 Å². The van der Waals surface area contributed by atoms with Crippen molar-refractivity contribution in [3.05, 3.63) is 22.7 Å². The van der Waals surface area contributed by atoms with Crippen LogP contribution in [0.2, 0.25) is 5.02 Å². The second-order valence-electron chi connectivity index (χ2n) is 6.02. The van der Waals surface area contributed by atoms with Crippen LogP contribution in [0.1, 0.15) is 37.0 Å². The Morgan fingerprint density at radius 3 is 2.67 bits per heavy atom. The van der Waals surface area contributed by atoms with E-state index in [1.807, 2.05) is 18.7 Å². The van der Waals surface area contributed by atoms with Crippen LogP contribution in [0.3, 0.4) is 0 Å². The highest BCUT2D eigenvalue weighted by Crippen LogP contribution is 2.37. The standard InChI is InChI=1S/C18H27ClN2O3/c1-4-11-24-17-15(19)12-14(13-16(17)23-5-2)18(22)21-8-6-7-20(3)9-10-21/h12-13H,4-11H2,1-3H3. The average molecular weight is 355 g/mol. The highest BCUT2D eigenvalue weighted by atomic mass is 35.5. The fourth-order valence-electron chi connectivity index (χ4n) is 2.73.